The number of rotatable bonds is 20. The molecule has 0 aliphatic rings. The van der Waals surface area contributed by atoms with Gasteiger partial charge in [0.15, 0.2) is 0 Å². The molecule has 0 radical (unpaired) electrons. The van der Waals surface area contributed by atoms with E-state index >= 15 is 0 Å². The second kappa shape index (κ2) is 21.7. The van der Waals surface area contributed by atoms with Gasteiger partial charge < -0.3 is 9.66 Å². The van der Waals surface area contributed by atoms with Gasteiger partial charge in [0, 0.05) is 5.25 Å². The van der Waals surface area contributed by atoms with Crippen LogP contribution in [0, 0.1) is 0 Å². The second-order valence-corrected chi connectivity index (χ2v) is 9.82. The zero-order valence-electron chi connectivity index (χ0n) is 19.0. The molecule has 0 aromatic heterocycles. The Bertz CT molecular complexity index is 415. The van der Waals surface area contributed by atoms with Crippen LogP contribution in [0.2, 0.25) is 0 Å². The molecule has 2 unspecified atom stereocenters. The summed E-state index contributed by atoms with van der Waals surface area (Å²) in [5.41, 5.74) is 0. The number of hydrogen-bond donors (Lipinski definition) is 1. The smallest absolute Gasteiger partial charge is 0.748 e. The minimum atomic E-state index is -4.17. The van der Waals surface area contributed by atoms with Crippen LogP contribution in [0.25, 0.3) is 0 Å². The summed E-state index contributed by atoms with van der Waals surface area (Å²) in [5, 5.41) is 9.32. The van der Waals surface area contributed by atoms with Crippen LogP contribution in [0.5, 0.6) is 0 Å². The average molecular weight is 445 g/mol. The molecule has 0 heterocycles. The predicted octanol–water partition coefficient (Wildman–Crippen LogP) is 3.33. The molecule has 0 aliphatic carbocycles. The van der Waals surface area contributed by atoms with E-state index in [1.54, 1.807) is 0 Å². The van der Waals surface area contributed by atoms with Crippen LogP contribution in [-0.4, -0.2) is 29.4 Å². The Hall–Kier alpha value is 1.51. The van der Waals surface area contributed by atoms with Crippen LogP contribution in [0.3, 0.4) is 0 Å². The van der Waals surface area contributed by atoms with Crippen molar-refractivity contribution in [1.29, 1.82) is 0 Å². The summed E-state index contributed by atoms with van der Waals surface area (Å²) in [4.78, 5) is 0. The second-order valence-electron chi connectivity index (χ2n) is 8.17. The normalized spacial score (nSPS) is 13.9. The van der Waals surface area contributed by atoms with Crippen molar-refractivity contribution in [2.45, 2.75) is 141 Å². The van der Waals surface area contributed by atoms with E-state index in [1.807, 2.05) is 0 Å². The van der Waals surface area contributed by atoms with E-state index in [-0.39, 0.29) is 57.5 Å². The van der Waals surface area contributed by atoms with Gasteiger partial charge in [0.05, 0.1) is 16.2 Å². The van der Waals surface area contributed by atoms with Crippen molar-refractivity contribution in [3.63, 3.8) is 0 Å². The van der Waals surface area contributed by atoms with Gasteiger partial charge in [0.2, 0.25) is 0 Å². The van der Waals surface area contributed by atoms with Gasteiger partial charge >= 0.3 is 51.4 Å². The molecular weight excluding hydrogens is 399 g/mol. The Kier molecular flexibility index (Phi) is 24.6. The van der Waals surface area contributed by atoms with E-state index < -0.39 is 15.4 Å². The Morgan fingerprint density at radius 1 is 0.643 bits per heavy atom. The third-order valence-electron chi connectivity index (χ3n) is 5.49. The first kappa shape index (κ1) is 31.7. The first-order valence-corrected chi connectivity index (χ1v) is 13.0. The molecule has 164 valence electrons. The van der Waals surface area contributed by atoms with Crippen LogP contribution in [0.15, 0.2) is 0 Å². The summed E-state index contributed by atoms with van der Waals surface area (Å²) in [6.07, 6.45) is 17.9. The van der Waals surface area contributed by atoms with Crippen LogP contribution in [-0.2, 0) is 10.1 Å². The van der Waals surface area contributed by atoms with E-state index in [1.165, 1.54) is 32.1 Å². The average Bonchev–Trinajstić information content (AvgIpc) is 2.61. The molecule has 0 rings (SSSR count). The van der Waals surface area contributed by atoms with Crippen molar-refractivity contribution in [3.8, 4) is 0 Å². The zero-order valence-corrected chi connectivity index (χ0v) is 22.9. The summed E-state index contributed by atoms with van der Waals surface area (Å²) < 4.78 is 34.2. The Balaban J connectivity index is 0. The quantitative estimate of drug-likeness (QED) is 0.177. The fourth-order valence-electron chi connectivity index (χ4n) is 3.64. The van der Waals surface area contributed by atoms with Crippen molar-refractivity contribution in [1.82, 2.24) is 0 Å². The Morgan fingerprint density at radius 2 is 0.964 bits per heavy atom. The van der Waals surface area contributed by atoms with Crippen LogP contribution in [0.4, 0.5) is 0 Å². The molecule has 28 heavy (non-hydrogen) atoms. The summed E-state index contributed by atoms with van der Waals surface area (Å²) in [6.45, 7) is 4.34. The number of hydrogen-bond acceptors (Lipinski definition) is 4. The van der Waals surface area contributed by atoms with Gasteiger partial charge in [-0.3, -0.25) is 0 Å². The maximum atomic E-state index is 11.4. The van der Waals surface area contributed by atoms with Gasteiger partial charge in [0.1, 0.15) is 0 Å². The molecule has 1 N–H and O–H groups in total. The fourth-order valence-corrected chi connectivity index (χ4v) is 4.55. The summed E-state index contributed by atoms with van der Waals surface area (Å²) >= 11 is 0. The van der Waals surface area contributed by atoms with Crippen LogP contribution < -0.4 is 51.4 Å². The van der Waals surface area contributed by atoms with Crippen molar-refractivity contribution in [3.05, 3.63) is 0 Å². The molecule has 6 heteroatoms. The fraction of sp³-hybridized carbons (Fsp3) is 1.00. The summed E-state index contributed by atoms with van der Waals surface area (Å²) in [6, 6.07) is 0. The van der Waals surface area contributed by atoms with E-state index in [0.29, 0.717) is 12.8 Å². The van der Waals surface area contributed by atoms with E-state index in [0.717, 1.165) is 70.6 Å². The summed E-state index contributed by atoms with van der Waals surface area (Å²) in [5.74, 6) is 0. The van der Waals surface area contributed by atoms with Crippen molar-refractivity contribution >= 4 is 10.1 Å². The molecule has 0 aromatic rings. The van der Waals surface area contributed by atoms with Gasteiger partial charge in [-0.1, -0.05) is 104 Å². The molecule has 0 bridgehead atoms. The largest absolute Gasteiger partial charge is 1.00 e. The van der Waals surface area contributed by atoms with Crippen LogP contribution >= 0.6 is 0 Å². The van der Waals surface area contributed by atoms with Gasteiger partial charge in [-0.2, -0.15) is 0 Å². The standard InChI is InChI=1S/C22H46O4S.K/c1-3-5-7-9-10-13-17-21(23)18-14-11-12-16-20-22(27(24,25)26)19-15-8-6-4-2;/h21-23H,3-20H2,1-2H3,(H,24,25,26);/q;+1/p-1. The first-order valence-electron chi connectivity index (χ1n) is 11.5. The molecule has 0 saturated carbocycles. The molecule has 0 aliphatic heterocycles. The van der Waals surface area contributed by atoms with E-state index in [4.69, 9.17) is 0 Å². The minimum absolute atomic E-state index is 0. The SMILES string of the molecule is CCCCCCCCC(O)CCCCCCC(CCCCCC)S(=O)(=O)[O-].[K+]. The summed E-state index contributed by atoms with van der Waals surface area (Å²) in [7, 11) is -4.17. The monoisotopic (exact) mass is 444 g/mol. The number of unbranched alkanes of at least 4 members (excludes halogenated alkanes) is 11. The topological polar surface area (TPSA) is 77.4 Å². The number of aliphatic hydroxyl groups is 1. The molecule has 0 amide bonds. The minimum Gasteiger partial charge on any atom is -0.748 e. The molecule has 0 aromatic carbocycles. The first-order chi connectivity index (χ1) is 12.9. The van der Waals surface area contributed by atoms with E-state index in [2.05, 4.69) is 13.8 Å². The van der Waals surface area contributed by atoms with E-state index in [9.17, 15) is 18.1 Å². The molecule has 0 saturated heterocycles. The predicted molar refractivity (Wildman–Crippen MR) is 114 cm³/mol. The third-order valence-corrected chi connectivity index (χ3v) is 6.78. The third kappa shape index (κ3) is 20.8. The molecule has 4 nitrogen and oxygen atoms in total. The van der Waals surface area contributed by atoms with Gasteiger partial charge in [-0.05, 0) is 25.7 Å². The van der Waals surface area contributed by atoms with Gasteiger partial charge in [-0.25, -0.2) is 8.42 Å². The maximum Gasteiger partial charge on any atom is 1.00 e. The van der Waals surface area contributed by atoms with Gasteiger partial charge in [-0.15, -0.1) is 0 Å². The Morgan fingerprint density at radius 3 is 1.36 bits per heavy atom. The molecular formula is C22H45KO4S. The Labute approximate surface area is 218 Å². The molecule has 0 fully saturated rings. The van der Waals surface area contributed by atoms with Crippen LogP contribution in [0.1, 0.15) is 129 Å². The van der Waals surface area contributed by atoms with Gasteiger partial charge in [0.25, 0.3) is 0 Å². The van der Waals surface area contributed by atoms with Crippen molar-refractivity contribution in [2.75, 3.05) is 0 Å². The number of aliphatic hydroxyl groups excluding tert-OH is 1. The van der Waals surface area contributed by atoms with Crippen molar-refractivity contribution < 1.29 is 69.5 Å². The molecule has 2 atom stereocenters. The molecule has 0 spiro atoms. The zero-order chi connectivity index (χ0) is 20.4. The van der Waals surface area contributed by atoms with Crippen molar-refractivity contribution in [2.24, 2.45) is 0 Å². The maximum absolute atomic E-state index is 11.4.